The van der Waals surface area contributed by atoms with Crippen LogP contribution >= 0.6 is 0 Å². The van der Waals surface area contributed by atoms with Gasteiger partial charge in [0, 0.05) is 12.2 Å². The second-order valence-electron chi connectivity index (χ2n) is 3.91. The number of carbonyl (C=O) groups excluding carboxylic acids is 1. The zero-order valence-corrected chi connectivity index (χ0v) is 10.0. The summed E-state index contributed by atoms with van der Waals surface area (Å²) in [5.74, 6) is -0.337. The number of ether oxygens (including phenoxy) is 2. The molecule has 0 unspecified atom stereocenters. The van der Waals surface area contributed by atoms with Crippen LogP contribution in [0.5, 0.6) is 11.5 Å². The third-order valence-electron chi connectivity index (χ3n) is 2.45. The third kappa shape index (κ3) is 3.74. The molecule has 0 aliphatic carbocycles. The highest BCUT2D eigenvalue weighted by atomic mass is 16.6. The predicted molar refractivity (Wildman–Crippen MR) is 66.1 cm³/mol. The summed E-state index contributed by atoms with van der Waals surface area (Å²) >= 11 is 0. The van der Waals surface area contributed by atoms with Crippen LogP contribution in [0, 0.1) is 0 Å². The molecule has 2 N–H and O–H groups in total. The van der Waals surface area contributed by atoms with E-state index in [9.17, 15) is 9.59 Å². The van der Waals surface area contributed by atoms with Crippen molar-refractivity contribution in [2.75, 3.05) is 13.2 Å². The van der Waals surface area contributed by atoms with Gasteiger partial charge >= 0.3 is 5.97 Å². The van der Waals surface area contributed by atoms with Crippen molar-refractivity contribution < 1.29 is 24.2 Å². The second kappa shape index (κ2) is 5.90. The van der Waals surface area contributed by atoms with Crippen molar-refractivity contribution in [3.63, 3.8) is 0 Å². The highest BCUT2D eigenvalue weighted by Gasteiger charge is 2.20. The van der Waals surface area contributed by atoms with Gasteiger partial charge in [0.2, 0.25) is 5.91 Å². The molecule has 1 amide bonds. The lowest BCUT2D eigenvalue weighted by Crippen LogP contribution is -2.40. The molecule has 0 bridgehead atoms. The number of para-hydroxylation sites is 2. The minimum Gasteiger partial charge on any atom is -0.486 e. The maximum atomic E-state index is 11.3. The number of nitrogens with one attached hydrogen (secondary N) is 1. The van der Waals surface area contributed by atoms with E-state index in [1.165, 1.54) is 0 Å². The molecule has 0 saturated carbocycles. The van der Waals surface area contributed by atoms with Crippen molar-refractivity contribution in [2.24, 2.45) is 0 Å². The Morgan fingerprint density at radius 1 is 1.32 bits per heavy atom. The monoisotopic (exact) mass is 263 g/mol. The average molecular weight is 263 g/mol. The van der Waals surface area contributed by atoms with E-state index in [0.29, 0.717) is 18.1 Å². The molecule has 6 heteroatoms. The van der Waals surface area contributed by atoms with Gasteiger partial charge in [-0.25, -0.2) is 4.79 Å². The molecule has 1 aromatic rings. The van der Waals surface area contributed by atoms with Gasteiger partial charge < -0.3 is 19.9 Å². The summed E-state index contributed by atoms with van der Waals surface area (Å²) in [4.78, 5) is 21.5. The molecule has 0 fully saturated rings. The highest BCUT2D eigenvalue weighted by Crippen LogP contribution is 2.30. The van der Waals surface area contributed by atoms with Crippen LogP contribution in [0.3, 0.4) is 0 Å². The Morgan fingerprint density at radius 2 is 2.05 bits per heavy atom. The summed E-state index contributed by atoms with van der Waals surface area (Å²) in [6.45, 7) is 0.580. The summed E-state index contributed by atoms with van der Waals surface area (Å²) < 4.78 is 11.1. The molecule has 0 saturated heterocycles. The molecule has 0 aromatic heterocycles. The first kappa shape index (κ1) is 12.9. The van der Waals surface area contributed by atoms with Crippen LogP contribution in [0.4, 0.5) is 0 Å². The molecule has 19 heavy (non-hydrogen) atoms. The fourth-order valence-electron chi connectivity index (χ4n) is 1.58. The minimum atomic E-state index is -1.17. The molecule has 2 rings (SSSR count). The van der Waals surface area contributed by atoms with E-state index >= 15 is 0 Å². The van der Waals surface area contributed by atoms with Crippen LogP contribution in [-0.2, 0) is 9.59 Å². The fourth-order valence-corrected chi connectivity index (χ4v) is 1.58. The second-order valence-corrected chi connectivity index (χ2v) is 3.91. The number of aliphatic carboxylic acids is 1. The molecule has 0 radical (unpaired) electrons. The van der Waals surface area contributed by atoms with E-state index in [-0.39, 0.29) is 12.6 Å². The predicted octanol–water partition coefficient (Wildman–Crippen LogP) is 0.583. The minimum absolute atomic E-state index is 0.247. The van der Waals surface area contributed by atoms with Gasteiger partial charge in [0.15, 0.2) is 11.5 Å². The molecule has 1 heterocycles. The molecular formula is C13H13NO5. The van der Waals surface area contributed by atoms with Gasteiger partial charge in [0.05, 0.1) is 6.54 Å². The number of amides is 1. The van der Waals surface area contributed by atoms with E-state index in [1.54, 1.807) is 12.1 Å². The zero-order valence-electron chi connectivity index (χ0n) is 10.0. The maximum absolute atomic E-state index is 11.3. The Morgan fingerprint density at radius 3 is 2.79 bits per heavy atom. The van der Waals surface area contributed by atoms with Gasteiger partial charge in [0.25, 0.3) is 0 Å². The lowest BCUT2D eigenvalue weighted by atomic mass is 10.2. The Labute approximate surface area is 109 Å². The summed E-state index contributed by atoms with van der Waals surface area (Å²) in [6, 6.07) is 7.27. The Hall–Kier alpha value is -2.50. The van der Waals surface area contributed by atoms with Gasteiger partial charge in [-0.05, 0) is 12.1 Å². The first-order chi connectivity index (χ1) is 9.15. The Balaban J connectivity index is 1.83. The Kier molecular flexibility index (Phi) is 4.02. The van der Waals surface area contributed by atoms with Gasteiger partial charge in [0.1, 0.15) is 12.7 Å². The first-order valence-corrected chi connectivity index (χ1v) is 5.72. The van der Waals surface area contributed by atoms with Gasteiger partial charge in [-0.3, -0.25) is 4.79 Å². The van der Waals surface area contributed by atoms with E-state index in [2.05, 4.69) is 5.32 Å². The van der Waals surface area contributed by atoms with Gasteiger partial charge in [-0.15, -0.1) is 0 Å². The number of carbonyl (C=O) groups is 2. The number of hydrogen-bond acceptors (Lipinski definition) is 4. The number of rotatable bonds is 4. The molecule has 0 spiro atoms. The smallest absolute Gasteiger partial charge is 0.328 e. The number of hydrogen-bond donors (Lipinski definition) is 2. The molecule has 1 aliphatic rings. The van der Waals surface area contributed by atoms with E-state index in [4.69, 9.17) is 14.6 Å². The lowest BCUT2D eigenvalue weighted by Gasteiger charge is -2.26. The molecule has 6 nitrogen and oxygen atoms in total. The Bertz CT molecular complexity index is 512. The van der Waals surface area contributed by atoms with Crippen LogP contribution in [0.2, 0.25) is 0 Å². The standard InChI is InChI=1S/C13H13NO5/c15-12(5-6-13(16)17)14-7-9-8-18-10-3-1-2-4-11(10)19-9/h1-6,9H,7-8H2,(H,14,15)(H,16,17)/b6-5+/t9-/m0/s1. The maximum Gasteiger partial charge on any atom is 0.328 e. The van der Waals surface area contributed by atoms with Crippen LogP contribution in [0.1, 0.15) is 0 Å². The first-order valence-electron chi connectivity index (χ1n) is 5.72. The van der Waals surface area contributed by atoms with Gasteiger partial charge in [-0.2, -0.15) is 0 Å². The highest BCUT2D eigenvalue weighted by molar-refractivity contribution is 5.93. The number of carboxylic acid groups (broad SMARTS) is 1. The topological polar surface area (TPSA) is 84.9 Å². The summed E-state index contributed by atoms with van der Waals surface area (Å²) in [6.07, 6.45) is 1.44. The zero-order chi connectivity index (χ0) is 13.7. The fraction of sp³-hybridized carbons (Fsp3) is 0.231. The van der Waals surface area contributed by atoms with Crippen molar-refractivity contribution in [3.8, 4) is 11.5 Å². The molecular weight excluding hydrogens is 250 g/mol. The van der Waals surface area contributed by atoms with Gasteiger partial charge in [-0.1, -0.05) is 12.1 Å². The lowest BCUT2D eigenvalue weighted by molar-refractivity contribution is -0.131. The van der Waals surface area contributed by atoms with Crippen LogP contribution in [0.25, 0.3) is 0 Å². The number of fused-ring (bicyclic) bond motifs is 1. The summed E-state index contributed by atoms with van der Waals surface area (Å²) in [5, 5.41) is 10.9. The average Bonchev–Trinajstić information content (AvgIpc) is 2.42. The van der Waals surface area contributed by atoms with Crippen LogP contribution < -0.4 is 14.8 Å². The van der Waals surface area contributed by atoms with Crippen molar-refractivity contribution in [1.82, 2.24) is 5.32 Å². The molecule has 100 valence electrons. The molecule has 1 atom stereocenters. The molecule has 1 aromatic carbocycles. The van der Waals surface area contributed by atoms with Crippen molar-refractivity contribution >= 4 is 11.9 Å². The normalized spacial score (nSPS) is 17.2. The van der Waals surface area contributed by atoms with E-state index < -0.39 is 11.9 Å². The molecule has 1 aliphatic heterocycles. The van der Waals surface area contributed by atoms with Crippen molar-refractivity contribution in [1.29, 1.82) is 0 Å². The SMILES string of the molecule is O=C(O)/C=C/C(=O)NC[C@H]1COc2ccccc2O1. The van der Waals surface area contributed by atoms with Crippen LogP contribution in [0.15, 0.2) is 36.4 Å². The third-order valence-corrected chi connectivity index (χ3v) is 2.45. The van der Waals surface area contributed by atoms with E-state index in [0.717, 1.165) is 12.2 Å². The van der Waals surface area contributed by atoms with Crippen molar-refractivity contribution in [2.45, 2.75) is 6.10 Å². The summed E-state index contributed by atoms with van der Waals surface area (Å²) in [5.41, 5.74) is 0. The van der Waals surface area contributed by atoms with E-state index in [1.807, 2.05) is 12.1 Å². The number of benzene rings is 1. The number of carboxylic acids is 1. The summed E-state index contributed by atoms with van der Waals surface area (Å²) in [7, 11) is 0. The largest absolute Gasteiger partial charge is 0.486 e. The quantitative estimate of drug-likeness (QED) is 0.776. The van der Waals surface area contributed by atoms with Crippen LogP contribution in [-0.4, -0.2) is 36.2 Å². The van der Waals surface area contributed by atoms with Crippen molar-refractivity contribution in [3.05, 3.63) is 36.4 Å².